The second-order valence-corrected chi connectivity index (χ2v) is 17.1. The zero-order chi connectivity index (χ0) is 37.7. The van der Waals surface area contributed by atoms with Crippen molar-refractivity contribution >= 4 is 40.1 Å². The molecule has 0 aromatic heterocycles. The molecule has 2 aromatic rings. The SMILES string of the molecule is O=C(N[C@H]1CCCCC/C=C\[C@@H]2CC2(C(=O)NS(=O)(=O)C2CC2)NC(=O)[C@@H]2C[C@@H](O/N=C/c3ccccc3-c3ccccc3)CN2C1=O)OC1CCCC1. The standard InChI is InChI=1S/C40H49N5O8S/c46-36-35-23-31(53-41-25-28-15-9-12-19-33(28)27-13-5-4-6-14-27)26-45(35)37(47)34(42-39(49)52-30-17-10-11-18-30)20-8-3-1-2-7-16-29-24-40(29,43-36)38(48)44-54(50,51)32-21-22-32/h4-7,9,12-16,19,25,29-32,34-35H,1-3,8,10-11,17-18,20-24,26H2,(H,42,49)(H,43,46)(H,44,48)/b16-7-,41-25+/t29-,31-,34+,35+,40?/m1/s1. The van der Waals surface area contributed by atoms with E-state index in [0.717, 1.165) is 55.2 Å². The van der Waals surface area contributed by atoms with Crippen LogP contribution in [0.5, 0.6) is 0 Å². The molecule has 288 valence electrons. The summed E-state index contributed by atoms with van der Waals surface area (Å²) in [6.07, 6.45) is 12.0. The lowest BCUT2D eigenvalue weighted by atomic mass is 10.0. The fraction of sp³-hybridized carbons (Fsp3) is 0.525. The van der Waals surface area contributed by atoms with Gasteiger partial charge in [0.05, 0.1) is 18.0 Å². The number of rotatable bonds is 9. The number of sulfonamides is 1. The zero-order valence-electron chi connectivity index (χ0n) is 30.4. The summed E-state index contributed by atoms with van der Waals surface area (Å²) in [5.74, 6) is -2.25. The second-order valence-electron chi connectivity index (χ2n) is 15.2. The fourth-order valence-corrected chi connectivity index (χ4v) is 9.20. The van der Waals surface area contributed by atoms with Crippen LogP contribution in [0.15, 0.2) is 71.9 Å². The number of hydrogen-bond donors (Lipinski definition) is 3. The number of allylic oxidation sites excluding steroid dienone is 1. The Morgan fingerprint density at radius 1 is 0.907 bits per heavy atom. The number of fused-ring (bicyclic) bond motifs is 2. The number of nitrogens with zero attached hydrogens (tertiary/aromatic N) is 2. The Hall–Kier alpha value is -4.72. The van der Waals surface area contributed by atoms with Crippen LogP contribution < -0.4 is 15.4 Å². The lowest BCUT2D eigenvalue weighted by molar-refractivity contribution is -0.141. The molecule has 14 heteroatoms. The van der Waals surface area contributed by atoms with E-state index in [1.54, 1.807) is 6.21 Å². The van der Waals surface area contributed by atoms with Gasteiger partial charge in [0.15, 0.2) is 0 Å². The van der Waals surface area contributed by atoms with Gasteiger partial charge in [0.2, 0.25) is 21.8 Å². The first-order valence-electron chi connectivity index (χ1n) is 19.3. The van der Waals surface area contributed by atoms with Crippen molar-refractivity contribution in [2.24, 2.45) is 11.1 Å². The summed E-state index contributed by atoms with van der Waals surface area (Å²) in [4.78, 5) is 62.8. The van der Waals surface area contributed by atoms with E-state index in [1.165, 1.54) is 4.90 Å². The molecular formula is C40H49N5O8S. The lowest BCUT2D eigenvalue weighted by Gasteiger charge is -2.30. The summed E-state index contributed by atoms with van der Waals surface area (Å²) in [6.45, 7) is 0.00301. The molecule has 2 heterocycles. The van der Waals surface area contributed by atoms with E-state index < -0.39 is 68.7 Å². The summed E-state index contributed by atoms with van der Waals surface area (Å²) in [5, 5.41) is 9.36. The highest BCUT2D eigenvalue weighted by Crippen LogP contribution is 2.46. The Balaban J connectivity index is 1.13. The Bertz CT molecular complexity index is 1880. The summed E-state index contributed by atoms with van der Waals surface area (Å²) in [5.41, 5.74) is 1.30. The van der Waals surface area contributed by atoms with E-state index in [2.05, 4.69) is 20.5 Å². The largest absolute Gasteiger partial charge is 0.446 e. The van der Waals surface area contributed by atoms with Crippen LogP contribution in [0.1, 0.15) is 89.0 Å². The average molecular weight is 760 g/mol. The molecule has 7 rings (SSSR count). The first kappa shape index (κ1) is 37.6. The summed E-state index contributed by atoms with van der Waals surface area (Å²) in [7, 11) is -3.87. The van der Waals surface area contributed by atoms with E-state index in [9.17, 15) is 27.6 Å². The molecule has 0 radical (unpaired) electrons. The van der Waals surface area contributed by atoms with Crippen LogP contribution in [0.4, 0.5) is 4.79 Å². The number of alkyl carbamates (subject to hydrolysis) is 1. The van der Waals surface area contributed by atoms with Crippen LogP contribution >= 0.6 is 0 Å². The molecule has 54 heavy (non-hydrogen) atoms. The van der Waals surface area contributed by atoms with E-state index >= 15 is 0 Å². The molecule has 0 spiro atoms. The van der Waals surface area contributed by atoms with Crippen LogP contribution in [0.25, 0.3) is 11.1 Å². The number of benzene rings is 2. The van der Waals surface area contributed by atoms with Crippen molar-refractivity contribution in [1.29, 1.82) is 0 Å². The Morgan fingerprint density at radius 2 is 1.65 bits per heavy atom. The summed E-state index contributed by atoms with van der Waals surface area (Å²) < 4.78 is 33.5. The van der Waals surface area contributed by atoms with Crippen LogP contribution in [0, 0.1) is 5.92 Å². The number of amides is 4. The van der Waals surface area contributed by atoms with Crippen molar-refractivity contribution in [3.8, 4) is 11.1 Å². The van der Waals surface area contributed by atoms with Crippen molar-refractivity contribution in [2.45, 2.75) is 119 Å². The molecule has 13 nitrogen and oxygen atoms in total. The molecular weight excluding hydrogens is 711 g/mol. The molecule has 4 fully saturated rings. The third kappa shape index (κ3) is 8.80. The summed E-state index contributed by atoms with van der Waals surface area (Å²) in [6, 6.07) is 15.6. The summed E-state index contributed by atoms with van der Waals surface area (Å²) >= 11 is 0. The van der Waals surface area contributed by atoms with Crippen molar-refractivity contribution in [2.75, 3.05) is 6.54 Å². The first-order chi connectivity index (χ1) is 26.1. The van der Waals surface area contributed by atoms with Crippen molar-refractivity contribution in [3.63, 3.8) is 0 Å². The molecule has 0 bridgehead atoms. The van der Waals surface area contributed by atoms with Gasteiger partial charge in [-0.2, -0.15) is 0 Å². The fourth-order valence-electron chi connectivity index (χ4n) is 7.84. The number of carbonyl (C=O) groups is 4. The minimum absolute atomic E-state index is 0.00301. The minimum atomic E-state index is -3.87. The highest BCUT2D eigenvalue weighted by atomic mass is 32.2. The Kier molecular flexibility index (Phi) is 11.4. The zero-order valence-corrected chi connectivity index (χ0v) is 31.2. The van der Waals surface area contributed by atoms with Gasteiger partial charge in [-0.1, -0.05) is 84.7 Å². The lowest BCUT2D eigenvalue weighted by Crippen LogP contribution is -2.58. The highest BCUT2D eigenvalue weighted by molar-refractivity contribution is 7.91. The van der Waals surface area contributed by atoms with Crippen molar-refractivity contribution < 1.29 is 37.2 Å². The number of nitrogens with one attached hydrogen (secondary N) is 3. The molecule has 5 atom stereocenters. The van der Waals surface area contributed by atoms with E-state index in [4.69, 9.17) is 9.57 Å². The van der Waals surface area contributed by atoms with E-state index in [-0.39, 0.29) is 25.5 Å². The van der Waals surface area contributed by atoms with Gasteiger partial charge in [-0.15, -0.1) is 0 Å². The predicted molar refractivity (Wildman–Crippen MR) is 201 cm³/mol. The first-order valence-corrected chi connectivity index (χ1v) is 20.8. The molecule has 2 aliphatic heterocycles. The normalized spacial score (nSPS) is 28.6. The smallest absolute Gasteiger partial charge is 0.408 e. The van der Waals surface area contributed by atoms with Gasteiger partial charge < -0.3 is 25.1 Å². The molecule has 3 saturated carbocycles. The van der Waals surface area contributed by atoms with Crippen LogP contribution in [-0.4, -0.2) is 85.0 Å². The van der Waals surface area contributed by atoms with Gasteiger partial charge in [-0.05, 0) is 75.3 Å². The van der Waals surface area contributed by atoms with Crippen molar-refractivity contribution in [3.05, 3.63) is 72.3 Å². The highest BCUT2D eigenvalue weighted by Gasteiger charge is 2.62. The molecule has 1 unspecified atom stereocenters. The number of hydrogen-bond acceptors (Lipinski definition) is 9. The maximum Gasteiger partial charge on any atom is 0.408 e. The second kappa shape index (κ2) is 16.3. The van der Waals surface area contributed by atoms with Gasteiger partial charge in [0, 0.05) is 17.9 Å². The van der Waals surface area contributed by atoms with Gasteiger partial charge >= 0.3 is 6.09 Å². The third-order valence-corrected chi connectivity index (χ3v) is 13.0. The average Bonchev–Trinajstić information content (AvgIpc) is 4.04. The molecule has 4 amide bonds. The van der Waals surface area contributed by atoms with E-state index in [1.807, 2.05) is 66.7 Å². The Labute approximate surface area is 316 Å². The third-order valence-electron chi connectivity index (χ3n) is 11.2. The maximum atomic E-state index is 14.4. The topological polar surface area (TPSA) is 173 Å². The van der Waals surface area contributed by atoms with Crippen LogP contribution in [0.3, 0.4) is 0 Å². The van der Waals surface area contributed by atoms with Crippen LogP contribution in [0.2, 0.25) is 0 Å². The molecule has 5 aliphatic rings. The number of carbonyl (C=O) groups excluding carboxylic acids is 4. The Morgan fingerprint density at radius 3 is 2.43 bits per heavy atom. The van der Waals surface area contributed by atoms with Gasteiger partial charge in [0.1, 0.15) is 29.8 Å². The van der Waals surface area contributed by atoms with E-state index in [0.29, 0.717) is 32.1 Å². The minimum Gasteiger partial charge on any atom is -0.446 e. The maximum absolute atomic E-state index is 14.4. The molecule has 2 aromatic carbocycles. The molecule has 3 aliphatic carbocycles. The quantitative estimate of drug-likeness (QED) is 0.187. The van der Waals surface area contributed by atoms with Crippen LogP contribution in [-0.2, 0) is 34.0 Å². The van der Waals surface area contributed by atoms with Crippen molar-refractivity contribution in [1.82, 2.24) is 20.3 Å². The van der Waals surface area contributed by atoms with Gasteiger partial charge in [-0.3, -0.25) is 19.1 Å². The molecule has 3 N–H and O–H groups in total. The number of ether oxygens (including phenoxy) is 1. The molecule has 1 saturated heterocycles. The predicted octanol–water partition coefficient (Wildman–Crippen LogP) is 4.71. The number of oxime groups is 1. The van der Waals surface area contributed by atoms with Gasteiger partial charge in [-0.25, -0.2) is 13.2 Å². The van der Waals surface area contributed by atoms with Gasteiger partial charge in [0.25, 0.3) is 5.91 Å². The monoisotopic (exact) mass is 759 g/mol.